The van der Waals surface area contributed by atoms with Crippen LogP contribution in [-0.4, -0.2) is 20.7 Å². The van der Waals surface area contributed by atoms with Gasteiger partial charge in [-0.05, 0) is 69.7 Å². The minimum atomic E-state index is -0.00388. The molecule has 1 fully saturated rings. The van der Waals surface area contributed by atoms with Crippen LogP contribution in [0.25, 0.3) is 0 Å². The number of hydrogen-bond donors (Lipinski definition) is 1. The molecule has 1 atom stereocenters. The molecule has 2 heterocycles. The SMILES string of the molecule is Cc1ccnc([C@H](NC(=O)Cn2nc(C)c(C)c2C)C2CC2)c1. The Bertz CT molecular complexity index is 731. The van der Waals surface area contributed by atoms with Gasteiger partial charge in [-0.25, -0.2) is 0 Å². The highest BCUT2D eigenvalue weighted by Crippen LogP contribution is 2.40. The van der Waals surface area contributed by atoms with Gasteiger partial charge in [-0.3, -0.25) is 14.5 Å². The molecule has 0 radical (unpaired) electrons. The van der Waals surface area contributed by atoms with Gasteiger partial charge in [0.15, 0.2) is 0 Å². The highest BCUT2D eigenvalue weighted by Gasteiger charge is 2.34. The second kappa shape index (κ2) is 6.14. The molecule has 23 heavy (non-hydrogen) atoms. The molecule has 1 aliphatic rings. The Kier molecular flexibility index (Phi) is 4.20. The van der Waals surface area contributed by atoms with E-state index in [1.165, 1.54) is 5.56 Å². The number of nitrogens with zero attached hydrogens (tertiary/aromatic N) is 3. The van der Waals surface area contributed by atoms with Crippen LogP contribution < -0.4 is 5.32 Å². The van der Waals surface area contributed by atoms with Crippen LogP contribution in [0.5, 0.6) is 0 Å². The summed E-state index contributed by atoms with van der Waals surface area (Å²) in [5, 5.41) is 7.61. The molecule has 1 N–H and O–H groups in total. The summed E-state index contributed by atoms with van der Waals surface area (Å²) in [4.78, 5) is 16.9. The lowest BCUT2D eigenvalue weighted by molar-refractivity contribution is -0.122. The maximum Gasteiger partial charge on any atom is 0.242 e. The monoisotopic (exact) mass is 312 g/mol. The second-order valence-corrected chi connectivity index (χ2v) is 6.59. The molecule has 3 rings (SSSR count). The zero-order valence-corrected chi connectivity index (χ0v) is 14.3. The van der Waals surface area contributed by atoms with Crippen LogP contribution >= 0.6 is 0 Å². The summed E-state index contributed by atoms with van der Waals surface area (Å²) < 4.78 is 1.79. The Balaban J connectivity index is 1.73. The maximum absolute atomic E-state index is 12.5. The van der Waals surface area contributed by atoms with Gasteiger partial charge >= 0.3 is 0 Å². The lowest BCUT2D eigenvalue weighted by atomic mass is 10.1. The minimum Gasteiger partial charge on any atom is -0.346 e. The van der Waals surface area contributed by atoms with Gasteiger partial charge in [0.05, 0.1) is 17.4 Å². The van der Waals surface area contributed by atoms with Gasteiger partial charge in [0.2, 0.25) is 5.91 Å². The Morgan fingerprint density at radius 3 is 2.65 bits per heavy atom. The number of pyridine rings is 1. The quantitative estimate of drug-likeness (QED) is 0.923. The standard InChI is InChI=1S/C18H24N4O/c1-11-7-8-19-16(9-11)18(15-5-6-15)20-17(23)10-22-14(4)12(2)13(3)21-22/h7-9,15,18H,5-6,10H2,1-4H3,(H,20,23)/t18-/m1/s1. The molecular formula is C18H24N4O. The molecule has 2 aromatic heterocycles. The van der Waals surface area contributed by atoms with E-state index in [1.807, 2.05) is 33.0 Å². The minimum absolute atomic E-state index is 0.00388. The largest absolute Gasteiger partial charge is 0.346 e. The van der Waals surface area contributed by atoms with Crippen molar-refractivity contribution in [2.24, 2.45) is 5.92 Å². The third-order valence-electron chi connectivity index (χ3n) is 4.70. The average molecular weight is 312 g/mol. The summed E-state index contributed by atoms with van der Waals surface area (Å²) in [5.74, 6) is 0.506. The number of amides is 1. The van der Waals surface area contributed by atoms with Crippen molar-refractivity contribution >= 4 is 5.91 Å². The topological polar surface area (TPSA) is 59.8 Å². The fourth-order valence-electron chi connectivity index (χ4n) is 2.89. The van der Waals surface area contributed by atoms with Crippen LogP contribution in [0, 0.1) is 33.6 Å². The van der Waals surface area contributed by atoms with Crippen LogP contribution in [0.4, 0.5) is 0 Å². The van der Waals surface area contributed by atoms with Crippen molar-refractivity contribution in [2.75, 3.05) is 0 Å². The summed E-state index contributed by atoms with van der Waals surface area (Å²) in [6, 6.07) is 4.06. The van der Waals surface area contributed by atoms with E-state index < -0.39 is 0 Å². The summed E-state index contributed by atoms with van der Waals surface area (Å²) in [7, 11) is 0. The molecule has 122 valence electrons. The first kappa shape index (κ1) is 15.7. The van der Waals surface area contributed by atoms with Crippen LogP contribution in [0.2, 0.25) is 0 Å². The number of carbonyl (C=O) groups is 1. The van der Waals surface area contributed by atoms with Crippen LogP contribution in [-0.2, 0) is 11.3 Å². The first-order valence-electron chi connectivity index (χ1n) is 8.18. The number of nitrogens with one attached hydrogen (secondary N) is 1. The second-order valence-electron chi connectivity index (χ2n) is 6.59. The highest BCUT2D eigenvalue weighted by molar-refractivity contribution is 5.76. The average Bonchev–Trinajstić information content (AvgIpc) is 3.31. The predicted molar refractivity (Wildman–Crippen MR) is 89.0 cm³/mol. The van der Waals surface area contributed by atoms with E-state index in [-0.39, 0.29) is 18.5 Å². The molecule has 0 aliphatic heterocycles. The zero-order chi connectivity index (χ0) is 16.6. The molecule has 1 saturated carbocycles. The Morgan fingerprint density at radius 1 is 1.35 bits per heavy atom. The molecule has 5 nitrogen and oxygen atoms in total. The summed E-state index contributed by atoms with van der Waals surface area (Å²) >= 11 is 0. The van der Waals surface area contributed by atoms with Gasteiger partial charge in [0, 0.05) is 11.9 Å². The van der Waals surface area contributed by atoms with Crippen molar-refractivity contribution < 1.29 is 4.79 Å². The van der Waals surface area contributed by atoms with E-state index in [4.69, 9.17) is 0 Å². The van der Waals surface area contributed by atoms with Crippen molar-refractivity contribution in [3.05, 3.63) is 46.5 Å². The third-order valence-corrected chi connectivity index (χ3v) is 4.70. The molecule has 1 aliphatic carbocycles. The van der Waals surface area contributed by atoms with Gasteiger partial charge in [-0.2, -0.15) is 5.10 Å². The van der Waals surface area contributed by atoms with E-state index in [2.05, 4.69) is 28.4 Å². The molecular weight excluding hydrogens is 288 g/mol. The maximum atomic E-state index is 12.5. The molecule has 0 unspecified atom stereocenters. The van der Waals surface area contributed by atoms with Gasteiger partial charge in [0.1, 0.15) is 6.54 Å². The van der Waals surface area contributed by atoms with Crippen LogP contribution in [0.1, 0.15) is 47.1 Å². The lowest BCUT2D eigenvalue weighted by Gasteiger charge is -2.18. The van der Waals surface area contributed by atoms with Crippen molar-refractivity contribution in [1.29, 1.82) is 0 Å². The molecule has 5 heteroatoms. The molecule has 0 aromatic carbocycles. The van der Waals surface area contributed by atoms with Gasteiger partial charge in [-0.15, -0.1) is 0 Å². The van der Waals surface area contributed by atoms with E-state index >= 15 is 0 Å². The number of aryl methyl sites for hydroxylation is 2. The van der Waals surface area contributed by atoms with Gasteiger partial charge in [-0.1, -0.05) is 0 Å². The van der Waals surface area contributed by atoms with Crippen molar-refractivity contribution in [2.45, 2.75) is 53.1 Å². The number of carbonyl (C=O) groups excluding carboxylic acids is 1. The molecule has 1 amide bonds. The normalized spacial score (nSPS) is 15.5. The number of hydrogen-bond acceptors (Lipinski definition) is 3. The predicted octanol–water partition coefficient (Wildman–Crippen LogP) is 2.78. The smallest absolute Gasteiger partial charge is 0.242 e. The number of rotatable bonds is 5. The molecule has 0 saturated heterocycles. The lowest BCUT2D eigenvalue weighted by Crippen LogP contribution is -2.33. The Morgan fingerprint density at radius 2 is 2.09 bits per heavy atom. The first-order chi connectivity index (χ1) is 11.0. The third kappa shape index (κ3) is 3.44. The van der Waals surface area contributed by atoms with Gasteiger partial charge < -0.3 is 5.32 Å². The highest BCUT2D eigenvalue weighted by atomic mass is 16.2. The van der Waals surface area contributed by atoms with E-state index in [9.17, 15) is 4.79 Å². The van der Waals surface area contributed by atoms with Crippen LogP contribution in [0.3, 0.4) is 0 Å². The van der Waals surface area contributed by atoms with Crippen molar-refractivity contribution in [3.63, 3.8) is 0 Å². The van der Waals surface area contributed by atoms with Gasteiger partial charge in [0.25, 0.3) is 0 Å². The first-order valence-corrected chi connectivity index (χ1v) is 8.18. The summed E-state index contributed by atoms with van der Waals surface area (Å²) in [6.07, 6.45) is 4.12. The number of aromatic nitrogens is 3. The fourth-order valence-corrected chi connectivity index (χ4v) is 2.89. The van der Waals surface area contributed by atoms with E-state index in [1.54, 1.807) is 4.68 Å². The molecule has 2 aromatic rings. The van der Waals surface area contributed by atoms with Crippen LogP contribution in [0.15, 0.2) is 18.3 Å². The van der Waals surface area contributed by atoms with Crippen molar-refractivity contribution in [1.82, 2.24) is 20.1 Å². The fraction of sp³-hybridized carbons (Fsp3) is 0.500. The molecule has 0 spiro atoms. The molecule has 0 bridgehead atoms. The Hall–Kier alpha value is -2.17. The Labute approximate surface area is 137 Å². The summed E-state index contributed by atoms with van der Waals surface area (Å²) in [5.41, 5.74) is 5.31. The van der Waals surface area contributed by atoms with E-state index in [0.717, 1.165) is 35.5 Å². The zero-order valence-electron chi connectivity index (χ0n) is 14.3. The van der Waals surface area contributed by atoms with Crippen molar-refractivity contribution in [3.8, 4) is 0 Å². The summed E-state index contributed by atoms with van der Waals surface area (Å²) in [6.45, 7) is 8.32. The van der Waals surface area contributed by atoms with E-state index in [0.29, 0.717) is 5.92 Å².